The average molecular weight is 283 g/mol. The van der Waals surface area contributed by atoms with Crippen LogP contribution in [0.3, 0.4) is 0 Å². The lowest BCUT2D eigenvalue weighted by atomic mass is 10.2. The van der Waals surface area contributed by atoms with Gasteiger partial charge in [-0.2, -0.15) is 5.10 Å². The van der Waals surface area contributed by atoms with Crippen molar-refractivity contribution >= 4 is 11.8 Å². The number of halogens is 2. The summed E-state index contributed by atoms with van der Waals surface area (Å²) in [5.74, 6) is -1.68. The number of aryl methyl sites for hydroxylation is 2. The number of nitrogens with zero attached hydrogens (tertiary/aromatic N) is 2. The van der Waals surface area contributed by atoms with Crippen molar-refractivity contribution in [2.75, 3.05) is 6.54 Å². The molecule has 0 radical (unpaired) electrons. The molecule has 0 aliphatic heterocycles. The molecule has 0 saturated carbocycles. The predicted octanol–water partition coefficient (Wildman–Crippen LogP) is 2.66. The molecule has 2 rings (SSSR count). The van der Waals surface area contributed by atoms with Crippen molar-refractivity contribution in [1.29, 1.82) is 0 Å². The summed E-state index contributed by atoms with van der Waals surface area (Å²) in [4.78, 5) is 0.639. The van der Waals surface area contributed by atoms with Crippen LogP contribution in [0.15, 0.2) is 28.1 Å². The van der Waals surface area contributed by atoms with Crippen molar-refractivity contribution in [3.05, 3.63) is 41.1 Å². The second-order valence-electron chi connectivity index (χ2n) is 4.21. The van der Waals surface area contributed by atoms with Gasteiger partial charge in [0.05, 0.1) is 5.69 Å². The van der Waals surface area contributed by atoms with Gasteiger partial charge in [0.2, 0.25) is 0 Å². The van der Waals surface area contributed by atoms with Gasteiger partial charge < -0.3 is 5.73 Å². The van der Waals surface area contributed by atoms with E-state index in [9.17, 15) is 8.78 Å². The van der Waals surface area contributed by atoms with E-state index in [2.05, 4.69) is 5.10 Å². The Kier molecular flexibility index (Phi) is 4.21. The van der Waals surface area contributed by atoms with Gasteiger partial charge in [-0.15, -0.1) is 0 Å². The van der Waals surface area contributed by atoms with Crippen LogP contribution >= 0.6 is 11.8 Å². The summed E-state index contributed by atoms with van der Waals surface area (Å²) in [5, 5.41) is 5.25. The third kappa shape index (κ3) is 2.96. The minimum absolute atomic E-state index is 0.526. The quantitative estimate of drug-likeness (QED) is 0.938. The monoisotopic (exact) mass is 283 g/mol. The van der Waals surface area contributed by atoms with Gasteiger partial charge in [-0.05, 0) is 38.1 Å². The molecule has 0 unspecified atom stereocenters. The predicted molar refractivity (Wildman–Crippen MR) is 71.2 cm³/mol. The largest absolute Gasteiger partial charge is 0.330 e. The van der Waals surface area contributed by atoms with Crippen molar-refractivity contribution in [3.63, 3.8) is 0 Å². The molecule has 2 aromatic rings. The summed E-state index contributed by atoms with van der Waals surface area (Å²) < 4.78 is 27.9. The highest BCUT2D eigenvalue weighted by Gasteiger charge is 2.14. The van der Waals surface area contributed by atoms with Gasteiger partial charge >= 0.3 is 0 Å². The van der Waals surface area contributed by atoms with Gasteiger partial charge in [0.1, 0.15) is 5.03 Å². The van der Waals surface area contributed by atoms with Gasteiger partial charge in [-0.3, -0.25) is 4.68 Å². The summed E-state index contributed by atoms with van der Waals surface area (Å²) >= 11 is 1.36. The lowest BCUT2D eigenvalue weighted by Gasteiger charge is -2.06. The van der Waals surface area contributed by atoms with Crippen LogP contribution in [0.25, 0.3) is 0 Å². The molecule has 0 spiro atoms. The molecule has 1 aromatic carbocycles. The van der Waals surface area contributed by atoms with Crippen LogP contribution in [0.4, 0.5) is 8.78 Å². The van der Waals surface area contributed by atoms with Crippen molar-refractivity contribution in [3.8, 4) is 0 Å². The van der Waals surface area contributed by atoms with Crippen molar-refractivity contribution in [1.82, 2.24) is 9.78 Å². The highest BCUT2D eigenvalue weighted by molar-refractivity contribution is 7.99. The Labute approximate surface area is 114 Å². The molecule has 0 amide bonds. The molecule has 0 aliphatic carbocycles. The maximum Gasteiger partial charge on any atom is 0.159 e. The lowest BCUT2D eigenvalue weighted by molar-refractivity contribution is 0.506. The number of hydrogen-bond donors (Lipinski definition) is 1. The third-order valence-corrected chi connectivity index (χ3v) is 3.98. The molecule has 102 valence electrons. The van der Waals surface area contributed by atoms with Crippen LogP contribution in [0.5, 0.6) is 0 Å². The minimum Gasteiger partial charge on any atom is -0.330 e. The fraction of sp³-hybridized carbons (Fsp3) is 0.308. The van der Waals surface area contributed by atoms with Gasteiger partial charge in [0, 0.05) is 17.5 Å². The molecule has 0 saturated heterocycles. The number of rotatable bonds is 4. The maximum atomic E-state index is 13.2. The number of benzene rings is 1. The van der Waals surface area contributed by atoms with Gasteiger partial charge in [0.15, 0.2) is 11.6 Å². The minimum atomic E-state index is -0.843. The van der Waals surface area contributed by atoms with Gasteiger partial charge in [-0.25, -0.2) is 8.78 Å². The Hall–Kier alpha value is -1.40. The number of nitrogens with two attached hydrogens (primary N) is 1. The molecule has 0 atom stereocenters. The molecule has 0 bridgehead atoms. The molecule has 1 aromatic heterocycles. The van der Waals surface area contributed by atoms with E-state index in [0.717, 1.165) is 22.3 Å². The first-order chi connectivity index (χ1) is 9.02. The van der Waals surface area contributed by atoms with Crippen molar-refractivity contribution < 1.29 is 8.78 Å². The second kappa shape index (κ2) is 5.71. The molecule has 19 heavy (non-hydrogen) atoms. The lowest BCUT2D eigenvalue weighted by Crippen LogP contribution is -2.04. The van der Waals surface area contributed by atoms with Crippen molar-refractivity contribution in [2.24, 2.45) is 12.8 Å². The van der Waals surface area contributed by atoms with Crippen LogP contribution in [0.2, 0.25) is 0 Å². The molecule has 2 N–H and O–H groups in total. The summed E-state index contributed by atoms with van der Waals surface area (Å²) in [6.07, 6.45) is 0.714. The zero-order valence-corrected chi connectivity index (χ0v) is 11.6. The molecular formula is C13H15F2N3S. The normalized spacial score (nSPS) is 11.0. The van der Waals surface area contributed by atoms with Crippen LogP contribution in [0, 0.1) is 18.6 Å². The third-order valence-electron chi connectivity index (χ3n) is 2.79. The van der Waals surface area contributed by atoms with E-state index in [4.69, 9.17) is 5.73 Å². The first kappa shape index (κ1) is 14.0. The first-order valence-corrected chi connectivity index (χ1v) is 6.70. The Balaban J connectivity index is 2.34. The van der Waals surface area contributed by atoms with Gasteiger partial charge in [-0.1, -0.05) is 11.8 Å². The first-order valence-electron chi connectivity index (χ1n) is 5.88. The Morgan fingerprint density at radius 3 is 2.68 bits per heavy atom. The van der Waals surface area contributed by atoms with E-state index >= 15 is 0 Å². The fourth-order valence-electron chi connectivity index (χ4n) is 1.89. The molecule has 6 heteroatoms. The average Bonchev–Trinajstić information content (AvgIpc) is 2.61. The highest BCUT2D eigenvalue weighted by Crippen LogP contribution is 2.32. The summed E-state index contributed by atoms with van der Waals surface area (Å²) in [5.41, 5.74) is 7.56. The van der Waals surface area contributed by atoms with Crippen LogP contribution in [-0.4, -0.2) is 16.3 Å². The molecule has 3 nitrogen and oxygen atoms in total. The zero-order chi connectivity index (χ0) is 14.0. The smallest absolute Gasteiger partial charge is 0.159 e. The highest BCUT2D eigenvalue weighted by atomic mass is 32.2. The van der Waals surface area contributed by atoms with Crippen LogP contribution in [0.1, 0.15) is 11.3 Å². The Morgan fingerprint density at radius 1 is 1.32 bits per heavy atom. The Morgan fingerprint density at radius 2 is 2.05 bits per heavy atom. The summed E-state index contributed by atoms with van der Waals surface area (Å²) in [7, 11) is 1.83. The van der Waals surface area contributed by atoms with Crippen molar-refractivity contribution in [2.45, 2.75) is 23.3 Å². The van der Waals surface area contributed by atoms with E-state index in [-0.39, 0.29) is 0 Å². The van der Waals surface area contributed by atoms with E-state index in [1.165, 1.54) is 17.8 Å². The topological polar surface area (TPSA) is 43.8 Å². The SMILES string of the molecule is Cc1nn(C)c(Sc2ccc(F)c(F)c2)c1CCN. The standard InChI is InChI=1S/C13H15F2N3S/c1-8-10(5-6-16)13(18(2)17-8)19-9-3-4-11(14)12(15)7-9/h3-4,7H,5-6,16H2,1-2H3. The summed E-state index contributed by atoms with van der Waals surface area (Å²) in [6.45, 7) is 2.44. The molecule has 0 fully saturated rings. The van der Waals surface area contributed by atoms with Crippen LogP contribution < -0.4 is 5.73 Å². The van der Waals surface area contributed by atoms with Crippen LogP contribution in [-0.2, 0) is 13.5 Å². The van der Waals surface area contributed by atoms with E-state index < -0.39 is 11.6 Å². The van der Waals surface area contributed by atoms with Gasteiger partial charge in [0.25, 0.3) is 0 Å². The van der Waals surface area contributed by atoms with E-state index in [1.54, 1.807) is 10.7 Å². The summed E-state index contributed by atoms with van der Waals surface area (Å²) in [6, 6.07) is 3.87. The number of aromatic nitrogens is 2. The Bertz CT molecular complexity index is 596. The molecule has 1 heterocycles. The fourth-order valence-corrected chi connectivity index (χ4v) is 2.96. The van der Waals surface area contributed by atoms with E-state index in [1.807, 2.05) is 14.0 Å². The number of hydrogen-bond acceptors (Lipinski definition) is 3. The van der Waals surface area contributed by atoms with E-state index in [0.29, 0.717) is 17.9 Å². The molecule has 0 aliphatic rings. The molecular weight excluding hydrogens is 268 g/mol. The maximum absolute atomic E-state index is 13.2. The second-order valence-corrected chi connectivity index (χ2v) is 5.27. The zero-order valence-electron chi connectivity index (χ0n) is 10.8.